The Morgan fingerprint density at radius 1 is 0.862 bits per heavy atom. The maximum Gasteiger partial charge on any atom is 0.347 e. The lowest BCUT2D eigenvalue weighted by Gasteiger charge is -2.49. The minimum Gasteiger partial charge on any atom is -0.502 e. The summed E-state index contributed by atoms with van der Waals surface area (Å²) < 4.78 is 40.4. The fourth-order valence-corrected chi connectivity index (χ4v) is 9.36. The molecule has 5 aromatic rings. The third kappa shape index (κ3) is 5.32. The SMILES string of the molecule is COc1cc2nc(CCn3c(=O)n4n(c3=O)[C@@H]3C[C@@]5(Cl)C(=O)N(c6ccc(F)cc6)C(=O)[C@@]5(Cl)[C@@H](c5cc(OC)c(O)c(OC)c5)C3=CC4)c(=O)n(C)c2cc1OC. The molecule has 0 bridgehead atoms. The number of amides is 2. The van der Waals surface area contributed by atoms with Crippen LogP contribution in [-0.4, -0.2) is 78.6 Å². The molecule has 1 N–H and O–H groups in total. The number of halogens is 3. The summed E-state index contributed by atoms with van der Waals surface area (Å²) in [5.74, 6) is -3.39. The predicted octanol–water partition coefficient (Wildman–Crippen LogP) is 3.38. The van der Waals surface area contributed by atoms with Crippen molar-refractivity contribution in [2.75, 3.05) is 33.3 Å². The molecule has 3 aliphatic rings. The highest BCUT2D eigenvalue weighted by Crippen LogP contribution is 2.64. The van der Waals surface area contributed by atoms with Crippen molar-refractivity contribution in [3.63, 3.8) is 0 Å². The number of imide groups is 1. The van der Waals surface area contributed by atoms with Crippen molar-refractivity contribution in [2.45, 2.75) is 47.6 Å². The van der Waals surface area contributed by atoms with Gasteiger partial charge >= 0.3 is 11.4 Å². The van der Waals surface area contributed by atoms with Gasteiger partial charge < -0.3 is 28.6 Å². The molecule has 0 radical (unpaired) electrons. The topological polar surface area (TPSA) is 178 Å². The number of ether oxygens (including phenoxy) is 4. The first-order chi connectivity index (χ1) is 27.6. The summed E-state index contributed by atoms with van der Waals surface area (Å²) >= 11 is 14.9. The molecule has 19 heteroatoms. The van der Waals surface area contributed by atoms with E-state index in [4.69, 9.17) is 42.1 Å². The van der Waals surface area contributed by atoms with Gasteiger partial charge in [-0.1, -0.05) is 6.08 Å². The minimum atomic E-state index is -2.27. The number of phenols is 1. The normalized spacial score (nSPS) is 22.3. The Morgan fingerprint density at radius 3 is 2.10 bits per heavy atom. The van der Waals surface area contributed by atoms with E-state index in [9.17, 15) is 33.5 Å². The summed E-state index contributed by atoms with van der Waals surface area (Å²) in [6.45, 7) is -0.399. The van der Waals surface area contributed by atoms with Crippen LogP contribution in [0.3, 0.4) is 0 Å². The Kier molecular flexibility index (Phi) is 9.23. The van der Waals surface area contributed by atoms with E-state index in [0.717, 1.165) is 21.6 Å². The molecule has 2 aromatic heterocycles. The highest BCUT2D eigenvalue weighted by atomic mass is 35.5. The fourth-order valence-electron chi connectivity index (χ4n) is 8.44. The number of aryl methyl sites for hydroxylation is 2. The number of carbonyl (C=O) groups is 2. The molecule has 0 spiro atoms. The van der Waals surface area contributed by atoms with E-state index in [1.54, 1.807) is 25.3 Å². The Bertz CT molecular complexity index is 2770. The molecule has 1 aliphatic carbocycles. The van der Waals surface area contributed by atoms with E-state index in [-0.39, 0.29) is 53.7 Å². The number of hydrogen-bond acceptors (Lipinski definition) is 11. The maximum absolute atomic E-state index is 14.7. The third-order valence-electron chi connectivity index (χ3n) is 11.3. The van der Waals surface area contributed by atoms with Crippen molar-refractivity contribution in [3.8, 4) is 28.7 Å². The number of anilines is 1. The molecule has 4 atom stereocenters. The summed E-state index contributed by atoms with van der Waals surface area (Å²) in [7, 11) is 7.12. The van der Waals surface area contributed by atoms with E-state index in [1.165, 1.54) is 66.6 Å². The second kappa shape index (κ2) is 13.8. The predicted molar refractivity (Wildman–Crippen MR) is 208 cm³/mol. The summed E-state index contributed by atoms with van der Waals surface area (Å²) in [4.78, 5) is 72.0. The molecule has 1 saturated heterocycles. The summed E-state index contributed by atoms with van der Waals surface area (Å²) in [5, 5.41) is 10.8. The first kappa shape index (κ1) is 38.8. The molecule has 2 aliphatic heterocycles. The van der Waals surface area contributed by atoms with Crippen molar-refractivity contribution in [2.24, 2.45) is 7.05 Å². The zero-order valence-corrected chi connectivity index (χ0v) is 33.1. The average molecular weight is 838 g/mol. The van der Waals surface area contributed by atoms with E-state index < -0.39 is 62.7 Å². The van der Waals surface area contributed by atoms with Crippen molar-refractivity contribution in [1.29, 1.82) is 0 Å². The smallest absolute Gasteiger partial charge is 0.347 e. The van der Waals surface area contributed by atoms with Crippen LogP contribution < -0.4 is 40.8 Å². The van der Waals surface area contributed by atoms with Gasteiger partial charge in [0.05, 0.1) is 57.7 Å². The number of benzene rings is 3. The van der Waals surface area contributed by atoms with Crippen LogP contribution in [0.2, 0.25) is 0 Å². The van der Waals surface area contributed by atoms with Gasteiger partial charge in [0.15, 0.2) is 32.7 Å². The number of aromatic nitrogens is 5. The van der Waals surface area contributed by atoms with Gasteiger partial charge in [0.1, 0.15) is 11.5 Å². The number of methoxy groups -OCH3 is 4. The molecule has 58 heavy (non-hydrogen) atoms. The molecule has 1 saturated carbocycles. The number of carbonyl (C=O) groups excluding carboxylic acids is 2. The number of aromatic hydroxyl groups is 1. The zero-order chi connectivity index (χ0) is 41.6. The Morgan fingerprint density at radius 2 is 1.48 bits per heavy atom. The number of fused-ring (bicyclic) bond motifs is 5. The summed E-state index contributed by atoms with van der Waals surface area (Å²) in [6.07, 6.45) is 1.12. The maximum atomic E-state index is 14.7. The van der Waals surface area contributed by atoms with Crippen molar-refractivity contribution < 1.29 is 38.0 Å². The molecular weight excluding hydrogens is 802 g/mol. The second-order valence-electron chi connectivity index (χ2n) is 14.1. The van der Waals surface area contributed by atoms with Gasteiger partial charge in [-0.3, -0.25) is 14.4 Å². The largest absolute Gasteiger partial charge is 0.502 e. The molecular formula is C39H35Cl2FN6O10. The quantitative estimate of drug-likeness (QED) is 0.131. The van der Waals surface area contributed by atoms with Gasteiger partial charge in [0, 0.05) is 44.5 Å². The van der Waals surface area contributed by atoms with Gasteiger partial charge in [-0.25, -0.2) is 37.8 Å². The van der Waals surface area contributed by atoms with E-state index in [0.29, 0.717) is 28.1 Å². The highest BCUT2D eigenvalue weighted by molar-refractivity contribution is 6.58. The van der Waals surface area contributed by atoms with E-state index in [2.05, 4.69) is 4.98 Å². The lowest BCUT2D eigenvalue weighted by atomic mass is 9.64. The molecule has 2 fully saturated rings. The lowest BCUT2D eigenvalue weighted by Crippen LogP contribution is -2.59. The van der Waals surface area contributed by atoms with Crippen LogP contribution in [0.5, 0.6) is 28.7 Å². The first-order valence-corrected chi connectivity index (χ1v) is 18.6. The minimum absolute atomic E-state index is 0.00803. The Hall–Kier alpha value is -6.07. The van der Waals surface area contributed by atoms with Crippen LogP contribution in [0.1, 0.15) is 29.6 Å². The van der Waals surface area contributed by atoms with Gasteiger partial charge in [0.25, 0.3) is 17.4 Å². The number of rotatable bonds is 9. The van der Waals surface area contributed by atoms with Crippen LogP contribution in [0.4, 0.5) is 10.1 Å². The van der Waals surface area contributed by atoms with Gasteiger partial charge in [-0.15, -0.1) is 23.2 Å². The standard InChI is InChI=1S/C39H35Cl2FN6O10/c1-44-25-17-28(56-3)27(55-2)16-24(25)43-23(33(44)50)11-12-45-36(53)46-13-10-22-26(48(46)37(45)54)18-38(40)34(51)47(21-8-6-20(42)7-9-21)35(52)39(38,41)31(22)19-14-29(57-4)32(49)30(15-19)58-5/h6-10,14-17,26,31,49H,11-13,18H2,1-5H3/t26-,31+,38-,39+/m1/s1. The molecule has 2 amide bonds. The van der Waals surface area contributed by atoms with E-state index >= 15 is 0 Å². The van der Waals surface area contributed by atoms with Crippen LogP contribution in [-0.2, 0) is 36.1 Å². The third-order valence-corrected chi connectivity index (χ3v) is 12.7. The molecule has 3 aromatic carbocycles. The van der Waals surface area contributed by atoms with Gasteiger partial charge in [-0.2, -0.15) is 0 Å². The zero-order valence-electron chi connectivity index (χ0n) is 31.6. The van der Waals surface area contributed by atoms with Crippen molar-refractivity contribution in [1.82, 2.24) is 23.5 Å². The van der Waals surface area contributed by atoms with Crippen LogP contribution >= 0.6 is 23.2 Å². The summed E-state index contributed by atoms with van der Waals surface area (Å²) in [5.41, 5.74) is -0.348. The Balaban J connectivity index is 1.25. The number of phenolic OH excluding ortho intramolecular Hbond substituents is 1. The Labute approximate surface area is 337 Å². The molecule has 0 unspecified atom stereocenters. The monoisotopic (exact) mass is 836 g/mol. The number of alkyl halides is 2. The lowest BCUT2D eigenvalue weighted by molar-refractivity contribution is -0.122. The van der Waals surface area contributed by atoms with Crippen molar-refractivity contribution in [3.05, 3.63) is 109 Å². The van der Waals surface area contributed by atoms with Gasteiger partial charge in [-0.05, 0) is 47.5 Å². The molecule has 8 rings (SSSR count). The average Bonchev–Trinajstić information content (AvgIpc) is 3.55. The summed E-state index contributed by atoms with van der Waals surface area (Å²) in [6, 6.07) is 9.60. The highest BCUT2D eigenvalue weighted by Gasteiger charge is 2.75. The fraction of sp³-hybridized carbons (Fsp3) is 0.333. The molecule has 302 valence electrons. The second-order valence-corrected chi connectivity index (χ2v) is 15.3. The van der Waals surface area contributed by atoms with Crippen LogP contribution in [0, 0.1) is 5.82 Å². The number of allylic oxidation sites excluding steroid dienone is 2. The van der Waals surface area contributed by atoms with Crippen LogP contribution in [0.15, 0.2) is 74.6 Å². The molecule has 16 nitrogen and oxygen atoms in total. The number of nitrogens with zero attached hydrogens (tertiary/aromatic N) is 6. The van der Waals surface area contributed by atoms with E-state index in [1.807, 2.05) is 0 Å². The molecule has 4 heterocycles. The first-order valence-electron chi connectivity index (χ1n) is 17.9. The van der Waals surface area contributed by atoms with Gasteiger partial charge in [0.2, 0.25) is 5.75 Å². The number of hydrogen-bond donors (Lipinski definition) is 1. The van der Waals surface area contributed by atoms with Crippen molar-refractivity contribution >= 4 is 51.7 Å². The van der Waals surface area contributed by atoms with Crippen LogP contribution in [0.25, 0.3) is 11.0 Å².